The molecule has 196 valence electrons. The predicted octanol–water partition coefficient (Wildman–Crippen LogP) is 9.80. The lowest BCUT2D eigenvalue weighted by molar-refractivity contribution is 0.627. The zero-order valence-electron chi connectivity index (χ0n) is 22.0. The fourth-order valence-corrected chi connectivity index (χ4v) is 6.69. The number of nitrogens with one attached hydrogen (secondary N) is 2. The fourth-order valence-electron chi connectivity index (χ4n) is 6.69. The largest absolute Gasteiger partial charge is 0.356 e. The van der Waals surface area contributed by atoms with Gasteiger partial charge >= 0.3 is 0 Å². The van der Waals surface area contributed by atoms with Gasteiger partial charge in [0, 0.05) is 22.7 Å². The van der Waals surface area contributed by atoms with E-state index in [2.05, 4.69) is 95.6 Å². The quantitative estimate of drug-likeness (QED) is 0.235. The van der Waals surface area contributed by atoms with Crippen LogP contribution in [0.4, 0.5) is 31.5 Å². The number of benzene rings is 6. The molecule has 6 aromatic carbocycles. The van der Waals surface area contributed by atoms with Crippen molar-refractivity contribution in [2.75, 3.05) is 10.6 Å². The van der Waals surface area contributed by atoms with Gasteiger partial charge in [-0.25, -0.2) is 8.78 Å². The third-order valence-corrected chi connectivity index (χ3v) is 8.36. The normalized spacial score (nSPS) is 13.3. The maximum absolute atomic E-state index is 13.6. The predicted molar refractivity (Wildman–Crippen MR) is 162 cm³/mol. The van der Waals surface area contributed by atoms with Crippen molar-refractivity contribution in [2.24, 2.45) is 0 Å². The summed E-state index contributed by atoms with van der Waals surface area (Å²) < 4.78 is 27.2. The molecule has 2 aliphatic carbocycles. The van der Waals surface area contributed by atoms with Gasteiger partial charge < -0.3 is 10.6 Å². The Bertz CT molecular complexity index is 1820. The summed E-state index contributed by atoms with van der Waals surface area (Å²) in [6, 6.07) is 43.2. The molecule has 41 heavy (non-hydrogen) atoms. The molecule has 0 radical (unpaired) electrons. The smallest absolute Gasteiger partial charge is 0.123 e. The monoisotopic (exact) mass is 534 g/mol. The van der Waals surface area contributed by atoms with Gasteiger partial charge in [-0.1, -0.05) is 60.7 Å². The van der Waals surface area contributed by atoms with Crippen molar-refractivity contribution in [1.29, 1.82) is 0 Å². The summed E-state index contributed by atoms with van der Waals surface area (Å²) >= 11 is 0. The van der Waals surface area contributed by atoms with Gasteiger partial charge in [-0.05, 0) is 117 Å². The van der Waals surface area contributed by atoms with Crippen LogP contribution in [0.25, 0.3) is 22.3 Å². The minimum absolute atomic E-state index is 0.261. The van der Waals surface area contributed by atoms with Crippen molar-refractivity contribution < 1.29 is 8.78 Å². The molecule has 0 saturated heterocycles. The molecule has 0 fully saturated rings. The highest BCUT2D eigenvalue weighted by Crippen LogP contribution is 2.63. The van der Waals surface area contributed by atoms with E-state index in [1.165, 1.54) is 68.8 Å². The Morgan fingerprint density at radius 3 is 1.17 bits per heavy atom. The molecule has 0 aliphatic heterocycles. The first kappa shape index (κ1) is 23.6. The van der Waals surface area contributed by atoms with Crippen molar-refractivity contribution in [3.05, 3.63) is 167 Å². The third kappa shape index (κ3) is 3.54. The van der Waals surface area contributed by atoms with E-state index in [0.29, 0.717) is 0 Å². The lowest BCUT2D eigenvalue weighted by atomic mass is 9.70. The fraction of sp³-hybridized carbons (Fsp3) is 0.0270. The molecule has 2 aliphatic rings. The second kappa shape index (κ2) is 8.90. The summed E-state index contributed by atoms with van der Waals surface area (Å²) in [4.78, 5) is 0. The van der Waals surface area contributed by atoms with Gasteiger partial charge in [-0.2, -0.15) is 0 Å². The number of hydrogen-bond acceptors (Lipinski definition) is 2. The van der Waals surface area contributed by atoms with Crippen LogP contribution < -0.4 is 10.6 Å². The third-order valence-electron chi connectivity index (χ3n) is 8.36. The Labute approximate surface area is 237 Å². The lowest BCUT2D eigenvalue weighted by Crippen LogP contribution is -2.26. The second-order valence-corrected chi connectivity index (χ2v) is 10.6. The first-order valence-electron chi connectivity index (χ1n) is 13.7. The summed E-state index contributed by atoms with van der Waals surface area (Å²) in [6.07, 6.45) is 0. The van der Waals surface area contributed by atoms with Crippen LogP contribution in [0.1, 0.15) is 22.3 Å². The van der Waals surface area contributed by atoms with E-state index in [0.717, 1.165) is 22.7 Å². The molecule has 0 bridgehead atoms. The topological polar surface area (TPSA) is 24.1 Å². The molecule has 0 unspecified atom stereocenters. The summed E-state index contributed by atoms with van der Waals surface area (Å²) in [5, 5.41) is 6.96. The number of anilines is 4. The van der Waals surface area contributed by atoms with Crippen LogP contribution in [-0.4, -0.2) is 0 Å². The highest BCUT2D eigenvalue weighted by Gasteiger charge is 2.51. The van der Waals surface area contributed by atoms with Crippen LogP contribution in [-0.2, 0) is 5.41 Å². The van der Waals surface area contributed by atoms with Gasteiger partial charge in [0.05, 0.1) is 5.41 Å². The number of hydrogen-bond donors (Lipinski definition) is 2. The van der Waals surface area contributed by atoms with E-state index in [-0.39, 0.29) is 11.6 Å². The summed E-state index contributed by atoms with van der Waals surface area (Å²) in [7, 11) is 0. The second-order valence-electron chi connectivity index (χ2n) is 10.6. The SMILES string of the molecule is Fc1ccc(Nc2ccc3c(c2)C2(c4ccccc4-3)c3ccccc3-c3ccc(Nc4ccc(F)cc4)cc32)cc1. The Balaban J connectivity index is 1.35. The average Bonchev–Trinajstić information content (AvgIpc) is 3.46. The van der Waals surface area contributed by atoms with E-state index in [4.69, 9.17) is 0 Å². The number of fused-ring (bicyclic) bond motifs is 10. The van der Waals surface area contributed by atoms with Crippen molar-refractivity contribution >= 4 is 22.7 Å². The van der Waals surface area contributed by atoms with Gasteiger partial charge in [-0.3, -0.25) is 0 Å². The van der Waals surface area contributed by atoms with Crippen LogP contribution in [0.2, 0.25) is 0 Å². The molecule has 8 rings (SSSR count). The average molecular weight is 535 g/mol. The standard InChI is InChI=1S/C37H24F2N2/c38-23-9-13-25(14-10-23)40-27-17-19-31-29-5-1-3-7-33(29)37(35(31)21-27)34-8-4-2-6-30(34)32-20-18-28(22-36(32)37)41-26-15-11-24(39)12-16-26/h1-22,40-41H. The maximum atomic E-state index is 13.6. The van der Waals surface area contributed by atoms with E-state index >= 15 is 0 Å². The summed E-state index contributed by atoms with van der Waals surface area (Å²) in [5.74, 6) is -0.522. The molecule has 0 atom stereocenters. The molecular weight excluding hydrogens is 510 g/mol. The van der Waals surface area contributed by atoms with Crippen LogP contribution in [0.15, 0.2) is 133 Å². The van der Waals surface area contributed by atoms with Crippen molar-refractivity contribution in [2.45, 2.75) is 5.41 Å². The molecule has 0 amide bonds. The first-order chi connectivity index (χ1) is 20.1. The Morgan fingerprint density at radius 2 is 0.732 bits per heavy atom. The van der Waals surface area contributed by atoms with Crippen molar-refractivity contribution in [3.63, 3.8) is 0 Å². The molecule has 2 N–H and O–H groups in total. The first-order valence-corrected chi connectivity index (χ1v) is 13.7. The maximum Gasteiger partial charge on any atom is 0.123 e. The van der Waals surface area contributed by atoms with Crippen molar-refractivity contribution in [1.82, 2.24) is 0 Å². The Hall–Kier alpha value is -5.22. The zero-order chi connectivity index (χ0) is 27.6. The highest BCUT2D eigenvalue weighted by atomic mass is 19.1. The number of rotatable bonds is 4. The molecule has 6 aromatic rings. The van der Waals surface area contributed by atoms with Crippen LogP contribution in [0.3, 0.4) is 0 Å². The van der Waals surface area contributed by atoms with Gasteiger partial charge in [0.2, 0.25) is 0 Å². The zero-order valence-corrected chi connectivity index (χ0v) is 22.0. The van der Waals surface area contributed by atoms with Crippen LogP contribution in [0, 0.1) is 11.6 Å². The van der Waals surface area contributed by atoms with Gasteiger partial charge in [0.25, 0.3) is 0 Å². The minimum Gasteiger partial charge on any atom is -0.356 e. The van der Waals surface area contributed by atoms with Crippen LogP contribution >= 0.6 is 0 Å². The molecule has 2 nitrogen and oxygen atoms in total. The van der Waals surface area contributed by atoms with Gasteiger partial charge in [0.1, 0.15) is 11.6 Å². The molecular formula is C37H24F2N2. The van der Waals surface area contributed by atoms with E-state index in [1.54, 1.807) is 24.3 Å². The van der Waals surface area contributed by atoms with Crippen molar-refractivity contribution in [3.8, 4) is 22.3 Å². The molecule has 0 saturated carbocycles. The van der Waals surface area contributed by atoms with Gasteiger partial charge in [0.15, 0.2) is 0 Å². The minimum atomic E-state index is -0.515. The number of halogens is 2. The van der Waals surface area contributed by atoms with Crippen LogP contribution in [0.5, 0.6) is 0 Å². The summed E-state index contributed by atoms with van der Waals surface area (Å²) in [6.45, 7) is 0. The van der Waals surface area contributed by atoms with E-state index in [1.807, 2.05) is 0 Å². The Morgan fingerprint density at radius 1 is 0.366 bits per heavy atom. The van der Waals surface area contributed by atoms with E-state index < -0.39 is 5.41 Å². The molecule has 1 spiro atoms. The highest BCUT2D eigenvalue weighted by molar-refractivity contribution is 5.96. The van der Waals surface area contributed by atoms with Gasteiger partial charge in [-0.15, -0.1) is 0 Å². The Kier molecular flexibility index (Phi) is 5.13. The van der Waals surface area contributed by atoms with E-state index in [9.17, 15) is 8.78 Å². The molecule has 0 heterocycles. The summed E-state index contributed by atoms with van der Waals surface area (Å²) in [5.41, 5.74) is 12.8. The molecule has 0 aromatic heterocycles. The molecule has 4 heteroatoms. The lowest BCUT2D eigenvalue weighted by Gasteiger charge is -2.31.